The van der Waals surface area contributed by atoms with Crippen LogP contribution in [0, 0.1) is 11.6 Å². The number of piperazine rings is 1. The van der Waals surface area contributed by atoms with Gasteiger partial charge in [-0.05, 0) is 31.9 Å². The Labute approximate surface area is 151 Å². The second kappa shape index (κ2) is 8.09. The van der Waals surface area contributed by atoms with Crippen LogP contribution in [0.3, 0.4) is 0 Å². The van der Waals surface area contributed by atoms with E-state index in [2.05, 4.69) is 15.5 Å². The first-order chi connectivity index (χ1) is 12.4. The SMILES string of the molecule is CC(C(=O)Nc1ccc(F)cc1F)N1CCN(CC(=O)NC2CC2)CC1. The molecule has 1 aromatic carbocycles. The Kier molecular flexibility index (Phi) is 5.83. The number of hydrogen-bond donors (Lipinski definition) is 2. The fourth-order valence-corrected chi connectivity index (χ4v) is 3.01. The summed E-state index contributed by atoms with van der Waals surface area (Å²) in [6.45, 7) is 4.83. The highest BCUT2D eigenvalue weighted by atomic mass is 19.1. The Morgan fingerprint density at radius 2 is 1.88 bits per heavy atom. The van der Waals surface area contributed by atoms with Gasteiger partial charge in [-0.2, -0.15) is 0 Å². The van der Waals surface area contributed by atoms with Gasteiger partial charge in [0.1, 0.15) is 11.6 Å². The average Bonchev–Trinajstić information content (AvgIpc) is 3.41. The Morgan fingerprint density at radius 3 is 2.50 bits per heavy atom. The third kappa shape index (κ3) is 4.98. The molecule has 1 aliphatic carbocycles. The molecule has 142 valence electrons. The van der Waals surface area contributed by atoms with Gasteiger partial charge in [0.05, 0.1) is 18.3 Å². The molecule has 0 bridgehead atoms. The van der Waals surface area contributed by atoms with Crippen LogP contribution in [0.2, 0.25) is 0 Å². The van der Waals surface area contributed by atoms with Gasteiger partial charge in [-0.15, -0.1) is 0 Å². The fraction of sp³-hybridized carbons (Fsp3) is 0.556. The molecule has 2 N–H and O–H groups in total. The summed E-state index contributed by atoms with van der Waals surface area (Å²) in [5.74, 6) is -1.76. The summed E-state index contributed by atoms with van der Waals surface area (Å²) in [7, 11) is 0. The Hall–Kier alpha value is -2.06. The van der Waals surface area contributed by atoms with Crippen molar-refractivity contribution in [3.63, 3.8) is 0 Å². The lowest BCUT2D eigenvalue weighted by Crippen LogP contribution is -2.54. The van der Waals surface area contributed by atoms with Crippen molar-refractivity contribution in [3.05, 3.63) is 29.8 Å². The van der Waals surface area contributed by atoms with E-state index in [0.717, 1.165) is 25.0 Å². The maximum atomic E-state index is 13.7. The molecule has 6 nitrogen and oxygen atoms in total. The summed E-state index contributed by atoms with van der Waals surface area (Å²) in [5, 5.41) is 5.48. The Bertz CT molecular complexity index is 673. The number of nitrogens with zero attached hydrogens (tertiary/aromatic N) is 2. The third-order valence-electron chi connectivity index (χ3n) is 4.83. The van der Waals surface area contributed by atoms with Gasteiger partial charge in [-0.1, -0.05) is 0 Å². The molecule has 2 amide bonds. The summed E-state index contributed by atoms with van der Waals surface area (Å²) < 4.78 is 26.6. The van der Waals surface area contributed by atoms with E-state index in [4.69, 9.17) is 0 Å². The summed E-state index contributed by atoms with van der Waals surface area (Å²) in [6.07, 6.45) is 2.14. The molecule has 26 heavy (non-hydrogen) atoms. The van der Waals surface area contributed by atoms with Crippen LogP contribution >= 0.6 is 0 Å². The lowest BCUT2D eigenvalue weighted by atomic mass is 10.2. The van der Waals surface area contributed by atoms with Gasteiger partial charge >= 0.3 is 0 Å². The second-order valence-corrected chi connectivity index (χ2v) is 6.94. The number of rotatable bonds is 6. The van der Waals surface area contributed by atoms with Crippen LogP contribution in [0.1, 0.15) is 19.8 Å². The van der Waals surface area contributed by atoms with E-state index in [0.29, 0.717) is 38.8 Å². The third-order valence-corrected chi connectivity index (χ3v) is 4.83. The molecule has 2 fully saturated rings. The topological polar surface area (TPSA) is 64.7 Å². The minimum Gasteiger partial charge on any atom is -0.352 e. The maximum Gasteiger partial charge on any atom is 0.241 e. The van der Waals surface area contributed by atoms with Gasteiger partial charge in [0, 0.05) is 38.3 Å². The minimum absolute atomic E-state index is 0.0290. The van der Waals surface area contributed by atoms with Crippen LogP contribution in [-0.4, -0.2) is 66.4 Å². The number of halogens is 2. The predicted octanol–water partition coefficient (Wildman–Crippen LogP) is 1.19. The predicted molar refractivity (Wildman–Crippen MR) is 93.6 cm³/mol. The van der Waals surface area contributed by atoms with E-state index in [1.165, 1.54) is 6.07 Å². The van der Waals surface area contributed by atoms with Crippen molar-refractivity contribution in [1.29, 1.82) is 0 Å². The van der Waals surface area contributed by atoms with E-state index in [1.54, 1.807) is 6.92 Å². The molecule has 0 aromatic heterocycles. The van der Waals surface area contributed by atoms with E-state index in [1.807, 2.05) is 4.90 Å². The molecule has 3 rings (SSSR count). The normalized spacial score (nSPS) is 19.8. The lowest BCUT2D eigenvalue weighted by Gasteiger charge is -2.37. The van der Waals surface area contributed by atoms with Gasteiger partial charge in [0.25, 0.3) is 0 Å². The highest BCUT2D eigenvalue weighted by molar-refractivity contribution is 5.94. The fourth-order valence-electron chi connectivity index (χ4n) is 3.01. The molecule has 0 spiro atoms. The molecule has 1 unspecified atom stereocenters. The highest BCUT2D eigenvalue weighted by Crippen LogP contribution is 2.19. The molecule has 0 radical (unpaired) electrons. The monoisotopic (exact) mass is 366 g/mol. The van der Waals surface area contributed by atoms with Crippen molar-refractivity contribution in [2.45, 2.75) is 31.8 Å². The van der Waals surface area contributed by atoms with Crippen molar-refractivity contribution in [3.8, 4) is 0 Å². The standard InChI is InChI=1S/C18H24F2N4O2/c1-12(18(26)22-16-5-2-13(19)10-15(16)20)24-8-6-23(7-9-24)11-17(25)21-14-3-4-14/h2,5,10,12,14H,3-4,6-9,11H2,1H3,(H,21,25)(H,22,26). The summed E-state index contributed by atoms with van der Waals surface area (Å²) in [4.78, 5) is 28.3. The van der Waals surface area contributed by atoms with Crippen LogP contribution in [-0.2, 0) is 9.59 Å². The van der Waals surface area contributed by atoms with Crippen molar-refractivity contribution >= 4 is 17.5 Å². The number of carbonyl (C=O) groups excluding carboxylic acids is 2. The van der Waals surface area contributed by atoms with Crippen molar-refractivity contribution in [1.82, 2.24) is 15.1 Å². The second-order valence-electron chi connectivity index (χ2n) is 6.94. The molecule has 2 aliphatic rings. The van der Waals surface area contributed by atoms with Crippen LogP contribution in [0.15, 0.2) is 18.2 Å². The summed E-state index contributed by atoms with van der Waals surface area (Å²) in [6, 6.07) is 2.98. The maximum absolute atomic E-state index is 13.7. The molecule has 1 saturated heterocycles. The van der Waals surface area contributed by atoms with E-state index >= 15 is 0 Å². The zero-order valence-corrected chi connectivity index (χ0v) is 14.8. The highest BCUT2D eigenvalue weighted by Gasteiger charge is 2.28. The molecule has 1 saturated carbocycles. The molecule has 1 heterocycles. The van der Waals surface area contributed by atoms with Crippen LogP contribution < -0.4 is 10.6 Å². The largest absolute Gasteiger partial charge is 0.352 e. The van der Waals surface area contributed by atoms with Crippen LogP contribution in [0.4, 0.5) is 14.5 Å². The van der Waals surface area contributed by atoms with E-state index < -0.39 is 17.7 Å². The lowest BCUT2D eigenvalue weighted by molar-refractivity contribution is -0.124. The number of benzene rings is 1. The number of anilines is 1. The molecule has 8 heteroatoms. The molecule has 1 atom stereocenters. The van der Waals surface area contributed by atoms with Gasteiger partial charge < -0.3 is 10.6 Å². The zero-order chi connectivity index (χ0) is 18.7. The van der Waals surface area contributed by atoms with E-state index in [-0.39, 0.29) is 17.5 Å². The van der Waals surface area contributed by atoms with Crippen molar-refractivity contribution in [2.75, 3.05) is 38.0 Å². The minimum atomic E-state index is -0.794. The molecule has 1 aliphatic heterocycles. The summed E-state index contributed by atoms with van der Waals surface area (Å²) >= 11 is 0. The average molecular weight is 366 g/mol. The molecular weight excluding hydrogens is 342 g/mol. The number of nitrogens with one attached hydrogen (secondary N) is 2. The first-order valence-corrected chi connectivity index (χ1v) is 8.94. The first-order valence-electron chi connectivity index (χ1n) is 8.94. The Balaban J connectivity index is 1.45. The number of carbonyl (C=O) groups is 2. The molecular formula is C18H24F2N4O2. The first kappa shape index (κ1) is 18.7. The van der Waals surface area contributed by atoms with E-state index in [9.17, 15) is 18.4 Å². The van der Waals surface area contributed by atoms with Crippen LogP contribution in [0.5, 0.6) is 0 Å². The van der Waals surface area contributed by atoms with Gasteiger partial charge in [-0.25, -0.2) is 8.78 Å². The Morgan fingerprint density at radius 1 is 1.19 bits per heavy atom. The van der Waals surface area contributed by atoms with Crippen LogP contribution in [0.25, 0.3) is 0 Å². The quantitative estimate of drug-likeness (QED) is 0.794. The molecule has 1 aromatic rings. The van der Waals surface area contributed by atoms with Gasteiger partial charge in [0.2, 0.25) is 11.8 Å². The van der Waals surface area contributed by atoms with Crippen molar-refractivity contribution < 1.29 is 18.4 Å². The zero-order valence-electron chi connectivity index (χ0n) is 14.8. The van der Waals surface area contributed by atoms with Gasteiger partial charge in [-0.3, -0.25) is 19.4 Å². The number of amides is 2. The smallest absolute Gasteiger partial charge is 0.241 e. The van der Waals surface area contributed by atoms with Crippen molar-refractivity contribution in [2.24, 2.45) is 0 Å². The van der Waals surface area contributed by atoms with Gasteiger partial charge in [0.15, 0.2) is 0 Å². The number of hydrogen-bond acceptors (Lipinski definition) is 4. The summed E-state index contributed by atoms with van der Waals surface area (Å²) in [5.41, 5.74) is -0.0290.